The normalized spacial score (nSPS) is 22.5. The maximum Gasteiger partial charge on any atom is 0.433 e. The molecule has 1 saturated heterocycles. The molecule has 1 aliphatic carbocycles. The Balaban J connectivity index is 1.28. The SMILES string of the molecule is Cn1nc(NC2[C@@H]3CC[C@H]2CN(c2ccnc(C(F)(F)F)c2)C3)nc1Oc1cccc(F)c1. The average molecular weight is 462 g/mol. The van der Waals surface area contributed by atoms with Crippen LogP contribution < -0.4 is 15.0 Å². The Kier molecular flexibility index (Phi) is 5.34. The number of anilines is 2. The number of halogens is 4. The van der Waals surface area contributed by atoms with Crippen LogP contribution in [0.2, 0.25) is 0 Å². The van der Waals surface area contributed by atoms with E-state index in [1.807, 2.05) is 4.90 Å². The van der Waals surface area contributed by atoms with Gasteiger partial charge in [-0.2, -0.15) is 18.2 Å². The number of hydrogen-bond donors (Lipinski definition) is 1. The molecule has 11 heteroatoms. The fourth-order valence-corrected chi connectivity index (χ4v) is 4.75. The topological polar surface area (TPSA) is 68.1 Å². The zero-order chi connectivity index (χ0) is 23.2. The number of benzene rings is 1. The molecule has 0 spiro atoms. The molecule has 2 aromatic heterocycles. The van der Waals surface area contributed by atoms with Crippen molar-refractivity contribution in [3.05, 3.63) is 54.1 Å². The minimum absolute atomic E-state index is 0.106. The van der Waals surface area contributed by atoms with Crippen LogP contribution in [0.25, 0.3) is 0 Å². The summed E-state index contributed by atoms with van der Waals surface area (Å²) >= 11 is 0. The van der Waals surface area contributed by atoms with Crippen LogP contribution in [0.1, 0.15) is 18.5 Å². The number of nitrogens with one attached hydrogen (secondary N) is 1. The van der Waals surface area contributed by atoms with Crippen LogP contribution in [0.3, 0.4) is 0 Å². The molecule has 1 unspecified atom stereocenters. The maximum atomic E-state index is 13.4. The second-order valence-corrected chi connectivity index (χ2v) is 8.47. The van der Waals surface area contributed by atoms with Gasteiger partial charge in [-0.1, -0.05) is 6.07 Å². The molecule has 7 nitrogen and oxygen atoms in total. The lowest BCUT2D eigenvalue weighted by molar-refractivity contribution is -0.141. The number of piperidine rings is 1. The summed E-state index contributed by atoms with van der Waals surface area (Å²) in [4.78, 5) is 9.85. The van der Waals surface area contributed by atoms with Crippen LogP contribution in [0.15, 0.2) is 42.6 Å². The van der Waals surface area contributed by atoms with E-state index in [-0.39, 0.29) is 23.9 Å². The van der Waals surface area contributed by atoms with Crippen molar-refractivity contribution in [2.75, 3.05) is 23.3 Å². The number of alkyl halides is 3. The van der Waals surface area contributed by atoms with Gasteiger partial charge in [-0.25, -0.2) is 9.07 Å². The first-order chi connectivity index (χ1) is 15.8. The van der Waals surface area contributed by atoms with E-state index in [4.69, 9.17) is 4.74 Å². The van der Waals surface area contributed by atoms with Gasteiger partial charge >= 0.3 is 12.2 Å². The molecule has 1 aromatic carbocycles. The Morgan fingerprint density at radius 3 is 2.55 bits per heavy atom. The lowest BCUT2D eigenvalue weighted by atomic mass is 9.92. The number of ether oxygens (including phenoxy) is 1. The van der Waals surface area contributed by atoms with Crippen LogP contribution in [-0.4, -0.2) is 38.9 Å². The molecule has 1 aliphatic heterocycles. The Morgan fingerprint density at radius 2 is 1.85 bits per heavy atom. The lowest BCUT2D eigenvalue weighted by Gasteiger charge is -2.39. The highest BCUT2D eigenvalue weighted by Gasteiger charge is 2.43. The Hall–Kier alpha value is -3.37. The second-order valence-electron chi connectivity index (χ2n) is 8.47. The van der Waals surface area contributed by atoms with E-state index < -0.39 is 17.7 Å². The van der Waals surface area contributed by atoms with Crippen LogP contribution in [0.4, 0.5) is 29.2 Å². The predicted molar refractivity (Wildman–Crippen MR) is 113 cm³/mol. The minimum atomic E-state index is -4.47. The molecule has 1 N–H and O–H groups in total. The van der Waals surface area contributed by atoms with Crippen molar-refractivity contribution in [2.24, 2.45) is 18.9 Å². The molecule has 2 aliphatic rings. The average Bonchev–Trinajstić information content (AvgIpc) is 3.21. The van der Waals surface area contributed by atoms with E-state index in [1.54, 1.807) is 25.2 Å². The third-order valence-electron chi connectivity index (χ3n) is 6.26. The monoisotopic (exact) mass is 462 g/mol. The standard InChI is InChI=1S/C22H22F4N6O/c1-31-21(33-17-4-2-3-15(23)9-17)29-20(30-31)28-19-13-5-6-14(19)12-32(11-13)16-7-8-27-18(10-16)22(24,25)26/h2-4,7-10,13-14,19H,5-6,11-12H2,1H3,(H,28,30)/t13-,14+,19?. The summed E-state index contributed by atoms with van der Waals surface area (Å²) in [6, 6.07) is 8.84. The molecule has 174 valence electrons. The number of hydrogen-bond acceptors (Lipinski definition) is 6. The third kappa shape index (κ3) is 4.44. The van der Waals surface area contributed by atoms with Gasteiger partial charge in [-0.15, -0.1) is 5.10 Å². The lowest BCUT2D eigenvalue weighted by Crippen LogP contribution is -2.48. The first-order valence-corrected chi connectivity index (χ1v) is 10.7. The summed E-state index contributed by atoms with van der Waals surface area (Å²) in [5, 5.41) is 7.76. The second kappa shape index (κ2) is 8.20. The molecule has 3 atom stereocenters. The highest BCUT2D eigenvalue weighted by molar-refractivity contribution is 5.49. The fraction of sp³-hybridized carbons (Fsp3) is 0.409. The third-order valence-corrected chi connectivity index (χ3v) is 6.26. The van der Waals surface area contributed by atoms with Gasteiger partial charge in [0.1, 0.15) is 17.3 Å². The Labute approximate surface area is 187 Å². The number of nitrogens with zero attached hydrogens (tertiary/aromatic N) is 5. The van der Waals surface area contributed by atoms with Gasteiger partial charge < -0.3 is 15.0 Å². The molecule has 33 heavy (non-hydrogen) atoms. The zero-order valence-corrected chi connectivity index (χ0v) is 17.8. The maximum absolute atomic E-state index is 13.4. The Morgan fingerprint density at radius 1 is 1.09 bits per heavy atom. The molecule has 1 saturated carbocycles. The summed E-state index contributed by atoms with van der Waals surface area (Å²) in [7, 11) is 1.69. The first-order valence-electron chi connectivity index (χ1n) is 10.7. The number of aromatic nitrogens is 4. The van der Waals surface area contributed by atoms with E-state index in [1.165, 1.54) is 23.0 Å². The van der Waals surface area contributed by atoms with Crippen LogP contribution in [0, 0.1) is 17.7 Å². The largest absolute Gasteiger partial charge is 0.433 e. The van der Waals surface area contributed by atoms with E-state index in [9.17, 15) is 17.6 Å². The van der Waals surface area contributed by atoms with E-state index in [0.29, 0.717) is 30.5 Å². The highest BCUT2D eigenvalue weighted by Crippen LogP contribution is 2.41. The minimum Gasteiger partial charge on any atom is -0.424 e. The zero-order valence-electron chi connectivity index (χ0n) is 17.8. The molecule has 0 amide bonds. The van der Waals surface area contributed by atoms with Crippen LogP contribution >= 0.6 is 0 Å². The summed E-state index contributed by atoms with van der Waals surface area (Å²) in [5.41, 5.74) is -0.342. The van der Waals surface area contributed by atoms with Crippen LogP contribution in [0.5, 0.6) is 11.8 Å². The van der Waals surface area contributed by atoms with Gasteiger partial charge in [0.15, 0.2) is 0 Å². The first kappa shape index (κ1) is 21.5. The quantitative estimate of drug-likeness (QED) is 0.564. The van der Waals surface area contributed by atoms with Crippen molar-refractivity contribution >= 4 is 11.6 Å². The van der Waals surface area contributed by atoms with Gasteiger partial charge in [0.25, 0.3) is 0 Å². The highest BCUT2D eigenvalue weighted by atomic mass is 19.4. The van der Waals surface area contributed by atoms with Crippen molar-refractivity contribution in [1.82, 2.24) is 19.7 Å². The van der Waals surface area contributed by atoms with Gasteiger partial charge in [0.2, 0.25) is 5.95 Å². The fourth-order valence-electron chi connectivity index (χ4n) is 4.75. The van der Waals surface area contributed by atoms with Gasteiger partial charge in [0.05, 0.1) is 0 Å². The summed E-state index contributed by atoms with van der Waals surface area (Å²) in [5.74, 6) is 0.793. The number of pyridine rings is 1. The number of fused-ring (bicyclic) bond motifs is 2. The molecular formula is C22H22F4N6O. The van der Waals surface area contributed by atoms with Crippen molar-refractivity contribution in [1.29, 1.82) is 0 Å². The molecule has 3 heterocycles. The van der Waals surface area contributed by atoms with Gasteiger partial charge in [-0.05, 0) is 48.9 Å². The van der Waals surface area contributed by atoms with Gasteiger partial charge in [-0.3, -0.25) is 4.98 Å². The summed E-state index contributed by atoms with van der Waals surface area (Å²) < 4.78 is 59.7. The Bertz CT molecular complexity index is 1140. The smallest absolute Gasteiger partial charge is 0.424 e. The molecule has 2 bridgehead atoms. The summed E-state index contributed by atoms with van der Waals surface area (Å²) in [6.07, 6.45) is -1.32. The molecule has 3 aromatic rings. The molecule has 0 radical (unpaired) electrons. The van der Waals surface area contributed by atoms with E-state index in [0.717, 1.165) is 18.9 Å². The van der Waals surface area contributed by atoms with E-state index in [2.05, 4.69) is 20.4 Å². The molecule has 2 fully saturated rings. The van der Waals surface area contributed by atoms with Crippen molar-refractivity contribution in [2.45, 2.75) is 25.1 Å². The summed E-state index contributed by atoms with van der Waals surface area (Å²) in [6.45, 7) is 1.27. The predicted octanol–water partition coefficient (Wildman–Crippen LogP) is 4.49. The van der Waals surface area contributed by atoms with Crippen LogP contribution in [-0.2, 0) is 13.2 Å². The number of rotatable bonds is 5. The van der Waals surface area contributed by atoms with Crippen molar-refractivity contribution < 1.29 is 22.3 Å². The number of aryl methyl sites for hydroxylation is 1. The van der Waals surface area contributed by atoms with E-state index >= 15 is 0 Å². The van der Waals surface area contributed by atoms with Crippen molar-refractivity contribution in [3.8, 4) is 11.8 Å². The van der Waals surface area contributed by atoms with Crippen molar-refractivity contribution in [3.63, 3.8) is 0 Å². The molecular weight excluding hydrogens is 440 g/mol. The molecule has 5 rings (SSSR count). The van der Waals surface area contributed by atoms with Gasteiger partial charge in [0, 0.05) is 44.1 Å².